The molecule has 5 nitrogen and oxygen atoms in total. The first-order valence-corrected chi connectivity index (χ1v) is 5.76. The molecule has 0 fully saturated rings. The van der Waals surface area contributed by atoms with E-state index in [0.717, 1.165) is 0 Å². The van der Waals surface area contributed by atoms with Crippen molar-refractivity contribution in [3.05, 3.63) is 35.9 Å². The molecule has 2 amide bonds. The van der Waals surface area contributed by atoms with Gasteiger partial charge in [0.25, 0.3) is 5.91 Å². The van der Waals surface area contributed by atoms with E-state index in [1.54, 1.807) is 38.2 Å². The number of carbonyl (C=O) groups excluding carboxylic acids is 2. The lowest BCUT2D eigenvalue weighted by molar-refractivity contribution is -0.131. The van der Waals surface area contributed by atoms with Crippen LogP contribution in [0.3, 0.4) is 0 Å². The van der Waals surface area contributed by atoms with Crippen molar-refractivity contribution in [2.45, 2.75) is 13.0 Å². The second-order valence-corrected chi connectivity index (χ2v) is 4.08. The highest BCUT2D eigenvalue weighted by molar-refractivity contribution is 5.96. The van der Waals surface area contributed by atoms with Crippen LogP contribution in [-0.2, 0) is 4.79 Å². The van der Waals surface area contributed by atoms with Gasteiger partial charge < -0.3 is 15.3 Å². The first-order chi connectivity index (χ1) is 8.56. The molecule has 0 saturated heterocycles. The third kappa shape index (κ3) is 3.85. The monoisotopic (exact) mass is 250 g/mol. The summed E-state index contributed by atoms with van der Waals surface area (Å²) in [6.45, 7) is 1.56. The zero-order valence-corrected chi connectivity index (χ0v) is 10.6. The first-order valence-electron chi connectivity index (χ1n) is 5.76. The number of carbonyl (C=O) groups is 2. The predicted octanol–water partition coefficient (Wildman–Crippen LogP) is 0.256. The standard InChI is InChI=1S/C13H18N2O3/c1-10(9-16)15(2)12(17)8-14-13(18)11-6-4-3-5-7-11/h3-7,10,16H,8-9H2,1-2H3,(H,14,18). The summed E-state index contributed by atoms with van der Waals surface area (Å²) in [5.41, 5.74) is 0.517. The van der Waals surface area contributed by atoms with Crippen LogP contribution in [0.1, 0.15) is 17.3 Å². The fourth-order valence-electron chi connectivity index (χ4n) is 1.34. The minimum atomic E-state index is -0.283. The van der Waals surface area contributed by atoms with Crippen LogP contribution in [-0.4, -0.2) is 48.1 Å². The van der Waals surface area contributed by atoms with Gasteiger partial charge in [0.1, 0.15) is 0 Å². The third-order valence-corrected chi connectivity index (χ3v) is 2.75. The maximum Gasteiger partial charge on any atom is 0.251 e. The summed E-state index contributed by atoms with van der Waals surface area (Å²) in [5.74, 6) is -0.519. The minimum absolute atomic E-state index is 0.0748. The molecule has 0 spiro atoms. The lowest BCUT2D eigenvalue weighted by atomic mass is 10.2. The topological polar surface area (TPSA) is 69.6 Å². The van der Waals surface area contributed by atoms with Gasteiger partial charge in [0.05, 0.1) is 19.2 Å². The van der Waals surface area contributed by atoms with Crippen molar-refractivity contribution in [1.29, 1.82) is 0 Å². The fourth-order valence-corrected chi connectivity index (χ4v) is 1.34. The summed E-state index contributed by atoms with van der Waals surface area (Å²) < 4.78 is 0. The molecule has 98 valence electrons. The van der Waals surface area contributed by atoms with Crippen molar-refractivity contribution in [2.24, 2.45) is 0 Å². The van der Waals surface area contributed by atoms with Gasteiger partial charge in [0, 0.05) is 12.6 Å². The number of aliphatic hydroxyl groups is 1. The van der Waals surface area contributed by atoms with E-state index in [1.165, 1.54) is 4.90 Å². The van der Waals surface area contributed by atoms with Crippen molar-refractivity contribution >= 4 is 11.8 Å². The number of likely N-dealkylation sites (N-methyl/N-ethyl adjacent to an activating group) is 1. The van der Waals surface area contributed by atoms with Crippen molar-refractivity contribution in [3.63, 3.8) is 0 Å². The molecular weight excluding hydrogens is 232 g/mol. The van der Waals surface area contributed by atoms with Gasteiger partial charge in [-0.25, -0.2) is 0 Å². The summed E-state index contributed by atoms with van der Waals surface area (Å²) in [5, 5.41) is 11.5. The van der Waals surface area contributed by atoms with Gasteiger partial charge in [-0.2, -0.15) is 0 Å². The second-order valence-electron chi connectivity index (χ2n) is 4.08. The number of amides is 2. The molecule has 0 aliphatic rings. The molecule has 0 aliphatic carbocycles. The SMILES string of the molecule is CC(CO)N(C)C(=O)CNC(=O)c1ccccc1. The molecule has 1 aromatic rings. The Balaban J connectivity index is 2.46. The molecule has 1 unspecified atom stereocenters. The number of rotatable bonds is 5. The Morgan fingerprint density at radius 3 is 2.50 bits per heavy atom. The minimum Gasteiger partial charge on any atom is -0.394 e. The molecule has 1 atom stereocenters. The highest BCUT2D eigenvalue weighted by atomic mass is 16.3. The number of nitrogens with one attached hydrogen (secondary N) is 1. The number of benzene rings is 1. The van der Waals surface area contributed by atoms with Gasteiger partial charge in [0.2, 0.25) is 5.91 Å². The van der Waals surface area contributed by atoms with E-state index < -0.39 is 0 Å². The molecule has 0 heterocycles. The van der Waals surface area contributed by atoms with Crippen LogP contribution in [0, 0.1) is 0 Å². The Morgan fingerprint density at radius 1 is 1.33 bits per heavy atom. The van der Waals surface area contributed by atoms with Crippen LogP contribution in [0.2, 0.25) is 0 Å². The highest BCUT2D eigenvalue weighted by Crippen LogP contribution is 1.98. The molecule has 0 radical (unpaired) electrons. The van der Waals surface area contributed by atoms with Crippen molar-refractivity contribution in [3.8, 4) is 0 Å². The van der Waals surface area contributed by atoms with Crippen molar-refractivity contribution in [1.82, 2.24) is 10.2 Å². The molecule has 18 heavy (non-hydrogen) atoms. The molecule has 0 bridgehead atoms. The fraction of sp³-hybridized carbons (Fsp3) is 0.385. The molecule has 0 aromatic heterocycles. The second kappa shape index (κ2) is 6.76. The van der Waals surface area contributed by atoms with Crippen molar-refractivity contribution < 1.29 is 14.7 Å². The van der Waals surface area contributed by atoms with E-state index in [9.17, 15) is 9.59 Å². The average Bonchev–Trinajstić information content (AvgIpc) is 2.43. The van der Waals surface area contributed by atoms with Gasteiger partial charge in [-0.3, -0.25) is 9.59 Å². The van der Waals surface area contributed by atoms with Crippen LogP contribution in [0.4, 0.5) is 0 Å². The number of aliphatic hydroxyl groups excluding tert-OH is 1. The van der Waals surface area contributed by atoms with E-state index in [0.29, 0.717) is 5.56 Å². The lowest BCUT2D eigenvalue weighted by Crippen LogP contribution is -2.43. The summed E-state index contributed by atoms with van der Waals surface area (Å²) >= 11 is 0. The molecular formula is C13H18N2O3. The van der Waals surface area contributed by atoms with E-state index in [1.807, 2.05) is 6.07 Å². The van der Waals surface area contributed by atoms with Crippen LogP contribution >= 0.6 is 0 Å². The van der Waals surface area contributed by atoms with Crippen LogP contribution in [0.15, 0.2) is 30.3 Å². The molecule has 5 heteroatoms. The maximum atomic E-state index is 11.7. The predicted molar refractivity (Wildman–Crippen MR) is 68.1 cm³/mol. The lowest BCUT2D eigenvalue weighted by Gasteiger charge is -2.23. The Kier molecular flexibility index (Phi) is 5.32. The first kappa shape index (κ1) is 14.2. The summed E-state index contributed by atoms with van der Waals surface area (Å²) in [6, 6.07) is 8.44. The number of hydrogen-bond acceptors (Lipinski definition) is 3. The highest BCUT2D eigenvalue weighted by Gasteiger charge is 2.15. The summed E-state index contributed by atoms with van der Waals surface area (Å²) in [7, 11) is 1.60. The van der Waals surface area contributed by atoms with Gasteiger partial charge in [0.15, 0.2) is 0 Å². The molecule has 0 saturated carbocycles. The van der Waals surface area contributed by atoms with Crippen molar-refractivity contribution in [2.75, 3.05) is 20.2 Å². The number of nitrogens with zero attached hydrogens (tertiary/aromatic N) is 1. The molecule has 1 rings (SSSR count). The van der Waals surface area contributed by atoms with Gasteiger partial charge in [-0.05, 0) is 19.1 Å². The number of hydrogen-bond donors (Lipinski definition) is 2. The molecule has 2 N–H and O–H groups in total. The van der Waals surface area contributed by atoms with Crippen LogP contribution in [0.25, 0.3) is 0 Å². The third-order valence-electron chi connectivity index (χ3n) is 2.75. The maximum absolute atomic E-state index is 11.7. The van der Waals surface area contributed by atoms with E-state index in [2.05, 4.69) is 5.32 Å². The van der Waals surface area contributed by atoms with E-state index in [-0.39, 0.29) is 31.0 Å². The normalized spacial score (nSPS) is 11.7. The Morgan fingerprint density at radius 2 is 1.94 bits per heavy atom. The van der Waals surface area contributed by atoms with E-state index >= 15 is 0 Å². The largest absolute Gasteiger partial charge is 0.394 e. The Hall–Kier alpha value is -1.88. The van der Waals surface area contributed by atoms with Gasteiger partial charge in [-0.1, -0.05) is 18.2 Å². The zero-order chi connectivity index (χ0) is 13.5. The molecule has 1 aromatic carbocycles. The quantitative estimate of drug-likeness (QED) is 0.787. The van der Waals surface area contributed by atoms with Gasteiger partial charge >= 0.3 is 0 Å². The van der Waals surface area contributed by atoms with Crippen LogP contribution in [0.5, 0.6) is 0 Å². The van der Waals surface area contributed by atoms with Crippen LogP contribution < -0.4 is 5.32 Å². The summed E-state index contributed by atoms with van der Waals surface area (Å²) in [4.78, 5) is 24.8. The Labute approximate surface area is 106 Å². The van der Waals surface area contributed by atoms with E-state index in [4.69, 9.17) is 5.11 Å². The summed E-state index contributed by atoms with van der Waals surface area (Å²) in [6.07, 6.45) is 0. The Bertz CT molecular complexity index is 406. The van der Waals surface area contributed by atoms with Gasteiger partial charge in [-0.15, -0.1) is 0 Å². The molecule has 0 aliphatic heterocycles. The average molecular weight is 250 g/mol. The zero-order valence-electron chi connectivity index (χ0n) is 10.6. The smallest absolute Gasteiger partial charge is 0.251 e.